The van der Waals surface area contributed by atoms with Gasteiger partial charge in [0.25, 0.3) is 0 Å². The van der Waals surface area contributed by atoms with Gasteiger partial charge in [0, 0.05) is 19.0 Å². The number of rotatable bonds is 11. The number of carbonyl (C=O) groups excluding carboxylic acids is 2. The van der Waals surface area contributed by atoms with Gasteiger partial charge in [-0.05, 0) is 48.2 Å². The Bertz CT molecular complexity index is 1530. The van der Waals surface area contributed by atoms with E-state index >= 15 is 0 Å². The average molecular weight is 671 g/mol. The summed E-state index contributed by atoms with van der Waals surface area (Å²) in [6.45, 7) is -0.631. The van der Waals surface area contributed by atoms with Gasteiger partial charge in [0.1, 0.15) is 12.6 Å². The molecule has 0 radical (unpaired) electrons. The molecule has 0 aromatic heterocycles. The third-order valence-corrected chi connectivity index (χ3v) is 9.86. The molecule has 42 heavy (non-hydrogen) atoms. The fourth-order valence-corrected chi connectivity index (χ4v) is 6.66. The quantitative estimate of drug-likeness (QED) is 0.244. The zero-order chi connectivity index (χ0) is 30.4. The van der Waals surface area contributed by atoms with Crippen LogP contribution in [0.2, 0.25) is 20.1 Å². The van der Waals surface area contributed by atoms with E-state index in [1.165, 1.54) is 17.0 Å². The largest absolute Gasteiger partial charge is 0.352 e. The number of nitrogens with zero attached hydrogens (tertiary/aromatic N) is 2. The lowest BCUT2D eigenvalue weighted by Gasteiger charge is -2.34. The van der Waals surface area contributed by atoms with Crippen molar-refractivity contribution in [2.45, 2.75) is 50.7 Å². The lowest BCUT2D eigenvalue weighted by molar-refractivity contribution is -0.140. The zero-order valence-electron chi connectivity index (χ0n) is 22.9. The van der Waals surface area contributed by atoms with Gasteiger partial charge in [-0.25, -0.2) is 8.42 Å². The maximum Gasteiger partial charge on any atom is 0.244 e. The van der Waals surface area contributed by atoms with E-state index in [9.17, 15) is 18.0 Å². The van der Waals surface area contributed by atoms with Crippen LogP contribution in [0.25, 0.3) is 0 Å². The Morgan fingerprint density at radius 3 is 2.21 bits per heavy atom. The molecule has 0 spiro atoms. The third-order valence-electron chi connectivity index (χ3n) is 7.19. The molecule has 224 valence electrons. The molecule has 4 rings (SSSR count). The van der Waals surface area contributed by atoms with Crippen LogP contribution in [-0.4, -0.2) is 50.0 Å². The molecule has 1 unspecified atom stereocenters. The zero-order valence-corrected chi connectivity index (χ0v) is 26.7. The Labute approximate surface area is 266 Å². The summed E-state index contributed by atoms with van der Waals surface area (Å²) in [6.07, 6.45) is 4.95. The van der Waals surface area contributed by atoms with E-state index in [1.54, 1.807) is 24.3 Å². The van der Waals surface area contributed by atoms with Gasteiger partial charge < -0.3 is 10.2 Å². The number of amides is 2. The van der Waals surface area contributed by atoms with Crippen LogP contribution in [0.15, 0.2) is 66.7 Å². The topological polar surface area (TPSA) is 86.8 Å². The first-order valence-electron chi connectivity index (χ1n) is 13.4. The molecule has 2 amide bonds. The van der Waals surface area contributed by atoms with E-state index in [0.29, 0.717) is 15.6 Å². The van der Waals surface area contributed by atoms with Gasteiger partial charge in [-0.15, -0.1) is 0 Å². The first-order valence-corrected chi connectivity index (χ1v) is 16.8. The van der Waals surface area contributed by atoms with Crippen molar-refractivity contribution in [2.24, 2.45) is 0 Å². The highest BCUT2D eigenvalue weighted by molar-refractivity contribution is 7.92. The fourth-order valence-electron chi connectivity index (χ4n) is 5.04. The van der Waals surface area contributed by atoms with Gasteiger partial charge in [0.15, 0.2) is 0 Å². The summed E-state index contributed by atoms with van der Waals surface area (Å²) in [6, 6.07) is 17.9. The van der Waals surface area contributed by atoms with Crippen LogP contribution in [0.3, 0.4) is 0 Å². The van der Waals surface area contributed by atoms with E-state index in [2.05, 4.69) is 5.32 Å². The average Bonchev–Trinajstić information content (AvgIpc) is 3.46. The van der Waals surface area contributed by atoms with Crippen LogP contribution < -0.4 is 9.62 Å². The Balaban J connectivity index is 1.76. The van der Waals surface area contributed by atoms with Crippen molar-refractivity contribution in [3.8, 4) is 0 Å². The second kappa shape index (κ2) is 14.3. The van der Waals surface area contributed by atoms with Crippen molar-refractivity contribution in [1.29, 1.82) is 0 Å². The Kier molecular flexibility index (Phi) is 11.1. The number of carbonyl (C=O) groups is 2. The Hall–Kier alpha value is -2.49. The highest BCUT2D eigenvalue weighted by Crippen LogP contribution is 2.34. The number of halogens is 4. The molecule has 1 fully saturated rings. The predicted molar refractivity (Wildman–Crippen MR) is 170 cm³/mol. The lowest BCUT2D eigenvalue weighted by atomic mass is 10.0. The Morgan fingerprint density at radius 1 is 0.881 bits per heavy atom. The Morgan fingerprint density at radius 2 is 1.57 bits per heavy atom. The van der Waals surface area contributed by atoms with Crippen molar-refractivity contribution in [2.75, 3.05) is 17.1 Å². The molecule has 1 saturated carbocycles. The minimum atomic E-state index is -3.99. The number of sulfonamides is 1. The van der Waals surface area contributed by atoms with Crippen LogP contribution in [0, 0.1) is 0 Å². The molecule has 12 heteroatoms. The van der Waals surface area contributed by atoms with Crippen LogP contribution in [0.5, 0.6) is 0 Å². The summed E-state index contributed by atoms with van der Waals surface area (Å²) < 4.78 is 26.8. The van der Waals surface area contributed by atoms with Gasteiger partial charge in [0.05, 0.1) is 32.0 Å². The smallest absolute Gasteiger partial charge is 0.244 e. The number of hydrogen-bond acceptors (Lipinski definition) is 4. The SMILES string of the molecule is CS(=O)(=O)N(CC(=O)N(Cc1ccc(Cl)c(Cl)c1)C(Cc1ccccc1)C(=O)NC1CCCC1)c1cccc(Cl)c1Cl. The third kappa shape index (κ3) is 8.32. The van der Waals surface area contributed by atoms with Gasteiger partial charge in [-0.3, -0.25) is 13.9 Å². The van der Waals surface area contributed by atoms with Gasteiger partial charge in [-0.1, -0.05) is 102 Å². The highest BCUT2D eigenvalue weighted by Gasteiger charge is 2.34. The lowest BCUT2D eigenvalue weighted by Crippen LogP contribution is -2.54. The second-order valence-corrected chi connectivity index (χ2v) is 13.8. The molecule has 1 N–H and O–H groups in total. The van der Waals surface area contributed by atoms with Crippen molar-refractivity contribution in [3.05, 3.63) is 97.9 Å². The van der Waals surface area contributed by atoms with Gasteiger partial charge >= 0.3 is 0 Å². The van der Waals surface area contributed by atoms with Crippen LogP contribution in [0.1, 0.15) is 36.8 Å². The highest BCUT2D eigenvalue weighted by atomic mass is 35.5. The summed E-state index contributed by atoms with van der Waals surface area (Å²) in [7, 11) is -3.99. The molecule has 3 aromatic carbocycles. The fraction of sp³-hybridized carbons (Fsp3) is 0.333. The molecule has 0 heterocycles. The summed E-state index contributed by atoms with van der Waals surface area (Å²) in [5.74, 6) is -0.920. The molecular formula is C30H31Cl4N3O4S. The first kappa shape index (κ1) is 32.4. The van der Waals surface area contributed by atoms with Gasteiger partial charge in [0.2, 0.25) is 21.8 Å². The summed E-state index contributed by atoms with van der Waals surface area (Å²) in [5.41, 5.74) is 1.52. The second-order valence-electron chi connectivity index (χ2n) is 10.3. The van der Waals surface area contributed by atoms with Crippen LogP contribution in [0.4, 0.5) is 5.69 Å². The van der Waals surface area contributed by atoms with Crippen LogP contribution >= 0.6 is 46.4 Å². The summed E-state index contributed by atoms with van der Waals surface area (Å²) in [5, 5.41) is 3.89. The summed E-state index contributed by atoms with van der Waals surface area (Å²) in [4.78, 5) is 29.5. The van der Waals surface area contributed by atoms with Gasteiger partial charge in [-0.2, -0.15) is 0 Å². The molecule has 0 saturated heterocycles. The van der Waals surface area contributed by atoms with E-state index in [-0.39, 0.29) is 40.6 Å². The molecule has 7 nitrogen and oxygen atoms in total. The molecule has 1 aliphatic carbocycles. The maximum absolute atomic E-state index is 14.2. The van der Waals surface area contributed by atoms with Crippen molar-refractivity contribution < 1.29 is 18.0 Å². The maximum atomic E-state index is 14.2. The molecule has 3 aromatic rings. The van der Waals surface area contributed by atoms with Crippen molar-refractivity contribution in [3.63, 3.8) is 0 Å². The van der Waals surface area contributed by atoms with E-state index in [1.807, 2.05) is 30.3 Å². The number of anilines is 1. The van der Waals surface area contributed by atoms with E-state index in [0.717, 1.165) is 41.8 Å². The molecule has 0 aliphatic heterocycles. The predicted octanol–water partition coefficient (Wildman–Crippen LogP) is 6.77. The minimum Gasteiger partial charge on any atom is -0.352 e. The number of nitrogens with one attached hydrogen (secondary N) is 1. The van der Waals surface area contributed by atoms with E-state index in [4.69, 9.17) is 46.4 Å². The molecular weight excluding hydrogens is 640 g/mol. The molecule has 0 bridgehead atoms. The summed E-state index contributed by atoms with van der Waals surface area (Å²) >= 11 is 25.0. The molecule has 1 aliphatic rings. The monoisotopic (exact) mass is 669 g/mol. The minimum absolute atomic E-state index is 0.00626. The van der Waals surface area contributed by atoms with Crippen LogP contribution in [-0.2, 0) is 32.6 Å². The first-order chi connectivity index (χ1) is 19.9. The number of hydrogen-bond donors (Lipinski definition) is 1. The standard InChI is InChI=1S/C30H31Cl4N3O4S/c1-42(40,41)37(26-13-7-12-24(32)29(26)34)19-28(38)36(18-21-14-15-23(31)25(33)16-21)27(17-20-8-3-2-4-9-20)30(39)35-22-10-5-6-11-22/h2-4,7-9,12-16,22,27H,5-6,10-11,17-19H2,1H3,(H,35,39). The van der Waals surface area contributed by atoms with Crippen molar-refractivity contribution >= 4 is 73.9 Å². The normalized spacial score (nSPS) is 14.4. The van der Waals surface area contributed by atoms with Crippen molar-refractivity contribution in [1.82, 2.24) is 10.2 Å². The van der Waals surface area contributed by atoms with E-state index < -0.39 is 28.5 Å². The molecule has 1 atom stereocenters. The number of benzene rings is 3.